The molecule has 2 rings (SSSR count). The largest absolute Gasteiger partial charge is 0.394 e. The van der Waals surface area contributed by atoms with Gasteiger partial charge in [0, 0.05) is 17.0 Å². The van der Waals surface area contributed by atoms with E-state index >= 15 is 0 Å². The average molecular weight is 232 g/mol. The highest BCUT2D eigenvalue weighted by molar-refractivity contribution is 5.91. The van der Waals surface area contributed by atoms with Gasteiger partial charge in [-0.2, -0.15) is 0 Å². The molecule has 2 aromatic rings. The van der Waals surface area contributed by atoms with Crippen LogP contribution in [0.15, 0.2) is 40.4 Å². The zero-order valence-electron chi connectivity index (χ0n) is 9.33. The molecule has 1 heterocycles. The summed E-state index contributed by atoms with van der Waals surface area (Å²) in [4.78, 5) is 22.7. The zero-order valence-corrected chi connectivity index (χ0v) is 9.33. The number of nitrogens with zero attached hydrogens (tertiary/aromatic N) is 2. The maximum absolute atomic E-state index is 12.1. The quantitative estimate of drug-likeness (QED) is 0.822. The van der Waals surface area contributed by atoms with Gasteiger partial charge in [0.2, 0.25) is 0 Å². The van der Waals surface area contributed by atoms with Gasteiger partial charge in [-0.15, -0.1) is 4.91 Å². The lowest BCUT2D eigenvalue weighted by Crippen LogP contribution is -2.24. The topological polar surface area (TPSA) is 71.7 Å². The van der Waals surface area contributed by atoms with Crippen molar-refractivity contribution in [2.45, 2.75) is 13.0 Å². The van der Waals surface area contributed by atoms with Crippen LogP contribution < -0.4 is 5.56 Å². The average Bonchev–Trinajstić information content (AvgIpc) is 2.38. The van der Waals surface area contributed by atoms with E-state index in [1.165, 1.54) is 4.57 Å². The molecule has 17 heavy (non-hydrogen) atoms. The Hall–Kier alpha value is -2.01. The molecule has 1 atom stereocenters. The minimum Gasteiger partial charge on any atom is -0.394 e. The Labute approximate surface area is 97.3 Å². The van der Waals surface area contributed by atoms with E-state index in [4.69, 9.17) is 5.11 Å². The Morgan fingerprint density at radius 1 is 1.35 bits per heavy atom. The number of pyridine rings is 1. The standard InChI is InChI=1S/C12H12N2O3/c1-8(7-15)14-6-5-9-10(12(14)16)3-2-4-11(9)13-17/h2-6,8,15H,7H2,1H3/t8-/m1/s1. The van der Waals surface area contributed by atoms with Crippen molar-refractivity contribution in [3.63, 3.8) is 0 Å². The molecule has 0 aliphatic rings. The third-order valence-electron chi connectivity index (χ3n) is 2.79. The molecule has 1 aromatic carbocycles. The van der Waals surface area contributed by atoms with Crippen LogP contribution in [0.1, 0.15) is 13.0 Å². The lowest BCUT2D eigenvalue weighted by atomic mass is 10.1. The molecule has 0 aliphatic carbocycles. The van der Waals surface area contributed by atoms with Crippen LogP contribution in [0.4, 0.5) is 5.69 Å². The van der Waals surface area contributed by atoms with Crippen LogP contribution in [-0.4, -0.2) is 16.3 Å². The summed E-state index contributed by atoms with van der Waals surface area (Å²) in [5.41, 5.74) is 0.0259. The highest BCUT2D eigenvalue weighted by atomic mass is 16.3. The molecule has 88 valence electrons. The monoisotopic (exact) mass is 232 g/mol. The molecule has 0 saturated heterocycles. The van der Waals surface area contributed by atoms with Gasteiger partial charge in [0.1, 0.15) is 5.69 Å². The van der Waals surface area contributed by atoms with Crippen molar-refractivity contribution in [3.8, 4) is 0 Å². The van der Waals surface area contributed by atoms with Gasteiger partial charge in [0.15, 0.2) is 0 Å². The highest BCUT2D eigenvalue weighted by Crippen LogP contribution is 2.23. The Bertz CT molecular complexity index is 619. The van der Waals surface area contributed by atoms with Gasteiger partial charge in [-0.05, 0) is 30.3 Å². The first kappa shape index (κ1) is 11.5. The van der Waals surface area contributed by atoms with Gasteiger partial charge in [-0.3, -0.25) is 4.79 Å². The highest BCUT2D eigenvalue weighted by Gasteiger charge is 2.10. The molecule has 5 heteroatoms. The molecule has 1 N–H and O–H groups in total. The number of fused-ring (bicyclic) bond motifs is 1. The number of rotatable bonds is 3. The fourth-order valence-corrected chi connectivity index (χ4v) is 1.79. The van der Waals surface area contributed by atoms with E-state index in [-0.39, 0.29) is 23.9 Å². The van der Waals surface area contributed by atoms with E-state index in [0.29, 0.717) is 10.8 Å². The summed E-state index contributed by atoms with van der Waals surface area (Å²) < 4.78 is 1.44. The molecular formula is C12H12N2O3. The molecule has 0 aliphatic heterocycles. The van der Waals surface area contributed by atoms with E-state index in [1.54, 1.807) is 37.4 Å². The van der Waals surface area contributed by atoms with E-state index in [0.717, 1.165) is 0 Å². The van der Waals surface area contributed by atoms with Crippen molar-refractivity contribution in [3.05, 3.63) is 45.7 Å². The van der Waals surface area contributed by atoms with Gasteiger partial charge in [-0.1, -0.05) is 6.07 Å². The van der Waals surface area contributed by atoms with Crippen molar-refractivity contribution < 1.29 is 5.11 Å². The summed E-state index contributed by atoms with van der Waals surface area (Å²) in [5.74, 6) is 0. The minimum absolute atomic E-state index is 0.114. The molecule has 0 spiro atoms. The molecule has 5 nitrogen and oxygen atoms in total. The maximum atomic E-state index is 12.1. The fourth-order valence-electron chi connectivity index (χ4n) is 1.79. The van der Waals surface area contributed by atoms with E-state index in [9.17, 15) is 9.70 Å². The second kappa shape index (κ2) is 4.47. The molecule has 0 bridgehead atoms. The van der Waals surface area contributed by atoms with Crippen LogP contribution in [0, 0.1) is 4.91 Å². The third kappa shape index (κ3) is 1.85. The van der Waals surface area contributed by atoms with Crippen molar-refractivity contribution in [1.82, 2.24) is 4.57 Å². The van der Waals surface area contributed by atoms with Crippen LogP contribution in [0.25, 0.3) is 10.8 Å². The predicted octanol–water partition coefficient (Wildman–Crippen LogP) is 1.95. The van der Waals surface area contributed by atoms with Crippen LogP contribution in [0.5, 0.6) is 0 Å². The number of hydrogen-bond acceptors (Lipinski definition) is 4. The number of hydrogen-bond donors (Lipinski definition) is 1. The molecular weight excluding hydrogens is 220 g/mol. The molecule has 0 fully saturated rings. The number of benzene rings is 1. The fraction of sp³-hybridized carbons (Fsp3) is 0.250. The minimum atomic E-state index is -0.292. The first-order chi connectivity index (χ1) is 8.19. The second-order valence-corrected chi connectivity index (χ2v) is 3.89. The third-order valence-corrected chi connectivity index (χ3v) is 2.79. The van der Waals surface area contributed by atoms with Gasteiger partial charge in [0.25, 0.3) is 5.56 Å². The Morgan fingerprint density at radius 3 is 2.76 bits per heavy atom. The summed E-state index contributed by atoms with van der Waals surface area (Å²) in [6.45, 7) is 1.63. The lowest BCUT2D eigenvalue weighted by Gasteiger charge is -2.13. The normalized spacial score (nSPS) is 12.6. The maximum Gasteiger partial charge on any atom is 0.258 e. The molecule has 0 radical (unpaired) electrons. The number of aliphatic hydroxyl groups is 1. The first-order valence-electron chi connectivity index (χ1n) is 5.27. The summed E-state index contributed by atoms with van der Waals surface area (Å²) in [6.07, 6.45) is 1.57. The molecule has 0 amide bonds. The summed E-state index contributed by atoms with van der Waals surface area (Å²) in [6, 6.07) is 6.20. The van der Waals surface area contributed by atoms with Crippen molar-refractivity contribution in [1.29, 1.82) is 0 Å². The van der Waals surface area contributed by atoms with Gasteiger partial charge in [0.05, 0.1) is 12.6 Å². The predicted molar refractivity (Wildman–Crippen MR) is 65.5 cm³/mol. The second-order valence-electron chi connectivity index (χ2n) is 3.89. The summed E-state index contributed by atoms with van der Waals surface area (Å²) >= 11 is 0. The van der Waals surface area contributed by atoms with Crippen LogP contribution >= 0.6 is 0 Å². The Balaban J connectivity index is 2.77. The van der Waals surface area contributed by atoms with E-state index in [1.807, 2.05) is 0 Å². The first-order valence-corrected chi connectivity index (χ1v) is 5.27. The van der Waals surface area contributed by atoms with Crippen LogP contribution in [-0.2, 0) is 0 Å². The van der Waals surface area contributed by atoms with E-state index < -0.39 is 0 Å². The van der Waals surface area contributed by atoms with Crippen LogP contribution in [0.2, 0.25) is 0 Å². The molecule has 1 aromatic heterocycles. The van der Waals surface area contributed by atoms with E-state index in [2.05, 4.69) is 5.18 Å². The Morgan fingerprint density at radius 2 is 2.12 bits per heavy atom. The lowest BCUT2D eigenvalue weighted by molar-refractivity contribution is 0.236. The van der Waals surface area contributed by atoms with Gasteiger partial charge < -0.3 is 9.67 Å². The number of aliphatic hydroxyl groups excluding tert-OH is 1. The SMILES string of the molecule is C[C@H](CO)n1ccc2c(N=O)cccc2c1=O. The molecule has 0 saturated carbocycles. The number of nitroso groups, excluding NO2 is 1. The smallest absolute Gasteiger partial charge is 0.258 e. The van der Waals surface area contributed by atoms with Crippen LogP contribution in [0.3, 0.4) is 0 Å². The van der Waals surface area contributed by atoms with Gasteiger partial charge >= 0.3 is 0 Å². The Kier molecular flexibility index (Phi) is 3.01. The zero-order chi connectivity index (χ0) is 12.4. The van der Waals surface area contributed by atoms with Crippen molar-refractivity contribution in [2.75, 3.05) is 6.61 Å². The number of aromatic nitrogens is 1. The molecule has 0 unspecified atom stereocenters. The summed E-state index contributed by atoms with van der Waals surface area (Å²) in [5, 5.41) is 12.9. The van der Waals surface area contributed by atoms with Crippen molar-refractivity contribution >= 4 is 16.5 Å². The van der Waals surface area contributed by atoms with Crippen molar-refractivity contribution in [2.24, 2.45) is 5.18 Å². The van der Waals surface area contributed by atoms with Gasteiger partial charge in [-0.25, -0.2) is 0 Å². The summed E-state index contributed by atoms with van der Waals surface area (Å²) in [7, 11) is 0.